The van der Waals surface area contributed by atoms with Crippen LogP contribution in [0.3, 0.4) is 0 Å². The molecule has 2 heterocycles. The number of hydrogen-bond acceptors (Lipinski definition) is 6. The van der Waals surface area contributed by atoms with Crippen LogP contribution < -0.4 is 4.90 Å². The molecule has 1 aliphatic heterocycles. The molecule has 1 saturated carbocycles. The predicted molar refractivity (Wildman–Crippen MR) is 83.6 cm³/mol. The first-order valence-electron chi connectivity index (χ1n) is 8.13. The smallest absolute Gasteiger partial charge is 0.330 e. The van der Waals surface area contributed by atoms with Gasteiger partial charge in [-0.2, -0.15) is 0 Å². The van der Waals surface area contributed by atoms with Crippen molar-refractivity contribution in [3.05, 3.63) is 16.3 Å². The molecule has 0 N–H and O–H groups in total. The normalized spacial score (nSPS) is 25.3. The minimum atomic E-state index is -0.366. The fourth-order valence-electron chi connectivity index (χ4n) is 3.44. The van der Waals surface area contributed by atoms with Crippen molar-refractivity contribution in [2.45, 2.75) is 38.6 Å². The molecule has 126 valence electrons. The number of ether oxygens (including phenoxy) is 1. The Kier molecular flexibility index (Phi) is 4.61. The van der Waals surface area contributed by atoms with Gasteiger partial charge in [0.15, 0.2) is 0 Å². The summed E-state index contributed by atoms with van der Waals surface area (Å²) in [7, 11) is 0. The maximum atomic E-state index is 11.5. The Morgan fingerprint density at radius 1 is 1.30 bits per heavy atom. The molecular weight excluding hydrogens is 300 g/mol. The second-order valence-electron chi connectivity index (χ2n) is 6.29. The van der Waals surface area contributed by atoms with Gasteiger partial charge in [-0.05, 0) is 32.6 Å². The Labute approximate surface area is 134 Å². The number of morpholine rings is 1. The van der Waals surface area contributed by atoms with Gasteiger partial charge in [0.05, 0.1) is 24.2 Å². The molecule has 0 bridgehead atoms. The number of aromatic nitrogens is 2. The summed E-state index contributed by atoms with van der Waals surface area (Å²) in [5.74, 6) is 0.811. The molecule has 2 aliphatic rings. The van der Waals surface area contributed by atoms with Gasteiger partial charge in [0, 0.05) is 19.0 Å². The van der Waals surface area contributed by atoms with E-state index in [4.69, 9.17) is 4.74 Å². The van der Waals surface area contributed by atoms with Crippen molar-refractivity contribution >= 4 is 17.3 Å². The van der Waals surface area contributed by atoms with Crippen molar-refractivity contribution in [3.63, 3.8) is 0 Å². The maximum absolute atomic E-state index is 11.5. The van der Waals surface area contributed by atoms with Gasteiger partial charge in [0.1, 0.15) is 12.0 Å². The lowest BCUT2D eigenvalue weighted by molar-refractivity contribution is -0.384. The molecule has 0 spiro atoms. The van der Waals surface area contributed by atoms with Crippen LogP contribution in [-0.4, -0.2) is 46.8 Å². The highest BCUT2D eigenvalue weighted by molar-refractivity contribution is 5.78. The Bertz CT molecular complexity index is 586. The largest absolute Gasteiger partial charge is 0.378 e. The summed E-state index contributed by atoms with van der Waals surface area (Å²) in [4.78, 5) is 24.4. The molecule has 8 heteroatoms. The van der Waals surface area contributed by atoms with E-state index < -0.39 is 0 Å². The van der Waals surface area contributed by atoms with Crippen LogP contribution in [0.15, 0.2) is 6.20 Å². The number of carbonyl (C=O) groups excluding carboxylic acids is 1. The van der Waals surface area contributed by atoms with Gasteiger partial charge < -0.3 is 9.64 Å². The lowest BCUT2D eigenvalue weighted by atomic mass is 9.84. The number of nitrogens with zero attached hydrogens (tertiary/aromatic N) is 4. The highest BCUT2D eigenvalue weighted by atomic mass is 16.6. The molecule has 0 radical (unpaired) electrons. The van der Waals surface area contributed by atoms with Crippen molar-refractivity contribution in [2.75, 3.05) is 31.2 Å². The number of nitro groups is 1. The maximum Gasteiger partial charge on any atom is 0.330 e. The van der Waals surface area contributed by atoms with Gasteiger partial charge in [-0.15, -0.1) is 5.10 Å². The number of anilines is 1. The monoisotopic (exact) mass is 322 g/mol. The fourth-order valence-corrected chi connectivity index (χ4v) is 3.44. The second-order valence-corrected chi connectivity index (χ2v) is 6.29. The molecule has 0 aromatic carbocycles. The predicted octanol–water partition coefficient (Wildman–Crippen LogP) is 1.95. The lowest BCUT2D eigenvalue weighted by Crippen LogP contribution is -2.37. The van der Waals surface area contributed by atoms with Gasteiger partial charge in [0.25, 0.3) is 0 Å². The first-order chi connectivity index (χ1) is 11.1. The number of carbonyl (C=O) groups is 1. The van der Waals surface area contributed by atoms with E-state index in [1.165, 1.54) is 0 Å². The van der Waals surface area contributed by atoms with Crippen molar-refractivity contribution in [2.24, 2.45) is 5.92 Å². The molecule has 3 rings (SSSR count). The van der Waals surface area contributed by atoms with Crippen molar-refractivity contribution < 1.29 is 14.5 Å². The SMILES string of the molecule is CC(=O)C1CCC(n2cc([N+](=O)[O-])c(N3CCOCC3)n2)CC1. The first-order valence-corrected chi connectivity index (χ1v) is 8.13. The number of Topliss-reactive ketones (excluding diaryl/α,β-unsaturated/α-hetero) is 1. The first kappa shape index (κ1) is 15.9. The highest BCUT2D eigenvalue weighted by Crippen LogP contribution is 2.35. The molecule has 1 saturated heterocycles. The lowest BCUT2D eigenvalue weighted by Gasteiger charge is -2.28. The Morgan fingerprint density at radius 3 is 2.52 bits per heavy atom. The number of ketones is 1. The third-order valence-corrected chi connectivity index (χ3v) is 4.85. The van der Waals surface area contributed by atoms with Crippen molar-refractivity contribution in [1.29, 1.82) is 0 Å². The van der Waals surface area contributed by atoms with E-state index in [-0.39, 0.29) is 28.4 Å². The van der Waals surface area contributed by atoms with Gasteiger partial charge in [-0.1, -0.05) is 0 Å². The van der Waals surface area contributed by atoms with Crippen LogP contribution in [0, 0.1) is 16.0 Å². The zero-order valence-electron chi connectivity index (χ0n) is 13.3. The van der Waals surface area contributed by atoms with E-state index in [9.17, 15) is 14.9 Å². The van der Waals surface area contributed by atoms with Crippen LogP contribution in [0.4, 0.5) is 11.5 Å². The van der Waals surface area contributed by atoms with E-state index in [0.717, 1.165) is 25.7 Å². The quantitative estimate of drug-likeness (QED) is 0.621. The van der Waals surface area contributed by atoms with Crippen molar-refractivity contribution in [3.8, 4) is 0 Å². The molecule has 0 amide bonds. The Hall–Kier alpha value is -1.96. The summed E-state index contributed by atoms with van der Waals surface area (Å²) in [5, 5.41) is 15.9. The van der Waals surface area contributed by atoms with Crippen LogP contribution >= 0.6 is 0 Å². The number of hydrogen-bond donors (Lipinski definition) is 0. The Morgan fingerprint density at radius 2 is 1.96 bits per heavy atom. The van der Waals surface area contributed by atoms with Crippen LogP contribution in [-0.2, 0) is 9.53 Å². The van der Waals surface area contributed by atoms with Crippen molar-refractivity contribution in [1.82, 2.24) is 9.78 Å². The van der Waals surface area contributed by atoms with Gasteiger partial charge in [-0.3, -0.25) is 19.6 Å². The van der Waals surface area contributed by atoms with E-state index >= 15 is 0 Å². The number of rotatable bonds is 4. The van der Waals surface area contributed by atoms with Gasteiger partial charge in [0.2, 0.25) is 5.82 Å². The third kappa shape index (κ3) is 3.36. The van der Waals surface area contributed by atoms with E-state index in [2.05, 4.69) is 5.10 Å². The molecule has 1 aromatic rings. The molecule has 0 unspecified atom stereocenters. The van der Waals surface area contributed by atoms with Gasteiger partial charge >= 0.3 is 5.69 Å². The summed E-state index contributed by atoms with van der Waals surface area (Å²) >= 11 is 0. The molecular formula is C15H22N4O4. The molecule has 0 atom stereocenters. The fraction of sp³-hybridized carbons (Fsp3) is 0.733. The zero-order valence-corrected chi connectivity index (χ0v) is 13.3. The minimum Gasteiger partial charge on any atom is -0.378 e. The molecule has 2 fully saturated rings. The standard InChI is InChI=1S/C15H22N4O4/c1-11(20)12-2-4-13(5-3-12)18-10-14(19(21)22)15(16-18)17-6-8-23-9-7-17/h10,12-13H,2-9H2,1H3. The molecule has 23 heavy (non-hydrogen) atoms. The third-order valence-electron chi connectivity index (χ3n) is 4.85. The van der Waals surface area contributed by atoms with Crippen LogP contribution in [0.5, 0.6) is 0 Å². The topological polar surface area (TPSA) is 90.5 Å². The summed E-state index contributed by atoms with van der Waals surface area (Å²) < 4.78 is 7.04. The summed E-state index contributed by atoms with van der Waals surface area (Å²) in [6.45, 7) is 4.01. The van der Waals surface area contributed by atoms with Gasteiger partial charge in [-0.25, -0.2) is 0 Å². The average Bonchev–Trinajstić information content (AvgIpc) is 3.01. The second kappa shape index (κ2) is 6.66. The van der Waals surface area contributed by atoms with Crippen LogP contribution in [0.2, 0.25) is 0 Å². The van der Waals surface area contributed by atoms with E-state index in [1.807, 2.05) is 4.90 Å². The van der Waals surface area contributed by atoms with E-state index in [1.54, 1.807) is 17.8 Å². The van der Waals surface area contributed by atoms with Crippen LogP contribution in [0.1, 0.15) is 38.6 Å². The summed E-state index contributed by atoms with van der Waals surface area (Å²) in [5.41, 5.74) is 0.0561. The van der Waals surface area contributed by atoms with E-state index in [0.29, 0.717) is 32.1 Å². The minimum absolute atomic E-state index is 0.0561. The molecule has 1 aliphatic carbocycles. The zero-order chi connectivity index (χ0) is 16.4. The summed E-state index contributed by atoms with van der Waals surface area (Å²) in [6, 6.07) is 0.138. The average molecular weight is 322 g/mol. The summed E-state index contributed by atoms with van der Waals surface area (Å²) in [6.07, 6.45) is 4.89. The molecule has 1 aromatic heterocycles. The molecule has 8 nitrogen and oxygen atoms in total. The van der Waals surface area contributed by atoms with Crippen LogP contribution in [0.25, 0.3) is 0 Å². The Balaban J connectivity index is 1.78. The highest BCUT2D eigenvalue weighted by Gasteiger charge is 2.30.